The minimum atomic E-state index is -0.807. The quantitative estimate of drug-likeness (QED) is 0.713. The summed E-state index contributed by atoms with van der Waals surface area (Å²) in [6, 6.07) is 7.44. The molecule has 1 aromatic carbocycles. The first-order valence-electron chi connectivity index (χ1n) is 9.00. The minimum absolute atomic E-state index is 0. The van der Waals surface area contributed by atoms with Crippen LogP contribution in [0.5, 0.6) is 0 Å². The fourth-order valence-corrected chi connectivity index (χ4v) is 3.52. The molecule has 0 aliphatic carbocycles. The zero-order valence-corrected chi connectivity index (χ0v) is 17.6. The summed E-state index contributed by atoms with van der Waals surface area (Å²) in [5.41, 5.74) is 1.02. The van der Waals surface area contributed by atoms with Crippen molar-refractivity contribution in [3.63, 3.8) is 0 Å². The Labute approximate surface area is 172 Å². The largest absolute Gasteiger partial charge is 0.480 e. The van der Waals surface area contributed by atoms with Crippen LogP contribution < -0.4 is 5.32 Å². The van der Waals surface area contributed by atoms with E-state index in [1.165, 1.54) is 0 Å². The molecule has 0 saturated carbocycles. The van der Waals surface area contributed by atoms with Gasteiger partial charge in [0.15, 0.2) is 0 Å². The van der Waals surface area contributed by atoms with Crippen LogP contribution in [0.1, 0.15) is 38.3 Å². The van der Waals surface area contributed by atoms with Gasteiger partial charge in [-0.2, -0.15) is 0 Å². The first-order valence-corrected chi connectivity index (χ1v) is 9.37. The third-order valence-corrected chi connectivity index (χ3v) is 5.41. The number of likely N-dealkylation sites (N-methyl/N-ethyl adjacent to an activating group) is 1. The highest BCUT2D eigenvalue weighted by Gasteiger charge is 2.29. The standard InChI is InChI=1S/C19H28ClN3O3.ClH/c1-13(15-4-6-16(20)7-5-15)21-19(26)14(2)23-10-8-17(9-11-23)22(3)12-18(24)25;/h4-7,13-14,17H,8-12H2,1-3H3,(H,21,26)(H,24,25);1H. The maximum Gasteiger partial charge on any atom is 0.317 e. The Hall–Kier alpha value is -1.34. The summed E-state index contributed by atoms with van der Waals surface area (Å²) in [5, 5.41) is 12.6. The highest BCUT2D eigenvalue weighted by Crippen LogP contribution is 2.19. The first kappa shape index (κ1) is 23.7. The zero-order valence-electron chi connectivity index (χ0n) is 16.0. The van der Waals surface area contributed by atoms with Gasteiger partial charge in [-0.1, -0.05) is 23.7 Å². The Bertz CT molecular complexity index is 619. The Morgan fingerprint density at radius 1 is 1.26 bits per heavy atom. The topological polar surface area (TPSA) is 72.9 Å². The van der Waals surface area contributed by atoms with Crippen LogP contribution in [0.3, 0.4) is 0 Å². The number of piperidine rings is 1. The predicted molar refractivity (Wildman–Crippen MR) is 110 cm³/mol. The van der Waals surface area contributed by atoms with Crippen molar-refractivity contribution in [1.82, 2.24) is 15.1 Å². The molecule has 1 heterocycles. The molecule has 2 rings (SSSR count). The molecule has 1 saturated heterocycles. The van der Waals surface area contributed by atoms with Crippen molar-refractivity contribution in [2.45, 2.75) is 44.8 Å². The van der Waals surface area contributed by atoms with E-state index in [1.807, 2.05) is 50.1 Å². The first-order chi connectivity index (χ1) is 12.3. The number of rotatable bonds is 7. The van der Waals surface area contributed by atoms with E-state index < -0.39 is 5.97 Å². The molecule has 1 fully saturated rings. The molecule has 8 heteroatoms. The summed E-state index contributed by atoms with van der Waals surface area (Å²) in [7, 11) is 1.85. The summed E-state index contributed by atoms with van der Waals surface area (Å²) in [4.78, 5) is 27.5. The van der Waals surface area contributed by atoms with E-state index in [2.05, 4.69) is 10.2 Å². The second-order valence-corrected chi connectivity index (χ2v) is 7.47. The van der Waals surface area contributed by atoms with Gasteiger partial charge in [-0.25, -0.2) is 0 Å². The van der Waals surface area contributed by atoms with Gasteiger partial charge in [0.1, 0.15) is 0 Å². The molecule has 1 amide bonds. The Morgan fingerprint density at radius 3 is 2.33 bits per heavy atom. The van der Waals surface area contributed by atoms with Crippen LogP contribution in [0.2, 0.25) is 5.02 Å². The number of halogens is 2. The summed E-state index contributed by atoms with van der Waals surface area (Å²) < 4.78 is 0. The van der Waals surface area contributed by atoms with Crippen molar-refractivity contribution < 1.29 is 14.7 Å². The van der Waals surface area contributed by atoms with Gasteiger partial charge < -0.3 is 10.4 Å². The van der Waals surface area contributed by atoms with Gasteiger partial charge in [0.25, 0.3) is 0 Å². The molecule has 1 aliphatic rings. The van der Waals surface area contributed by atoms with Crippen LogP contribution >= 0.6 is 24.0 Å². The lowest BCUT2D eigenvalue weighted by Crippen LogP contribution is -2.51. The van der Waals surface area contributed by atoms with Crippen molar-refractivity contribution in [3.8, 4) is 0 Å². The number of hydrogen-bond acceptors (Lipinski definition) is 4. The lowest BCUT2D eigenvalue weighted by atomic mass is 10.0. The number of benzene rings is 1. The molecule has 1 aromatic rings. The van der Waals surface area contributed by atoms with E-state index in [0.29, 0.717) is 5.02 Å². The number of carboxylic acid groups (broad SMARTS) is 1. The van der Waals surface area contributed by atoms with Crippen molar-refractivity contribution in [3.05, 3.63) is 34.9 Å². The average Bonchev–Trinajstić information content (AvgIpc) is 2.61. The summed E-state index contributed by atoms with van der Waals surface area (Å²) in [5.74, 6) is -0.802. The Balaban J connectivity index is 0.00000364. The molecular formula is C19H29Cl2N3O3. The molecular weight excluding hydrogens is 389 g/mol. The SMILES string of the molecule is CC(NC(=O)C(C)N1CCC(N(C)CC(=O)O)CC1)c1ccc(Cl)cc1.Cl. The average molecular weight is 418 g/mol. The number of amides is 1. The molecule has 27 heavy (non-hydrogen) atoms. The highest BCUT2D eigenvalue weighted by molar-refractivity contribution is 6.30. The molecule has 0 radical (unpaired) electrons. The number of carbonyl (C=O) groups excluding carboxylic acids is 1. The number of aliphatic carboxylic acids is 1. The van der Waals surface area contributed by atoms with Gasteiger partial charge in [-0.15, -0.1) is 12.4 Å². The Morgan fingerprint density at radius 2 is 1.81 bits per heavy atom. The second kappa shape index (κ2) is 10.9. The van der Waals surface area contributed by atoms with Crippen LogP contribution in [-0.4, -0.2) is 65.5 Å². The number of nitrogens with one attached hydrogen (secondary N) is 1. The van der Waals surface area contributed by atoms with Crippen LogP contribution in [0.4, 0.5) is 0 Å². The summed E-state index contributed by atoms with van der Waals surface area (Å²) in [6.45, 7) is 5.52. The van der Waals surface area contributed by atoms with E-state index in [1.54, 1.807) is 0 Å². The smallest absolute Gasteiger partial charge is 0.317 e. The number of likely N-dealkylation sites (tertiary alicyclic amines) is 1. The van der Waals surface area contributed by atoms with E-state index >= 15 is 0 Å². The zero-order chi connectivity index (χ0) is 19.3. The third kappa shape index (κ3) is 6.96. The number of carboxylic acids is 1. The minimum Gasteiger partial charge on any atom is -0.480 e. The molecule has 2 atom stereocenters. The molecule has 0 spiro atoms. The molecule has 2 unspecified atom stereocenters. The number of carbonyl (C=O) groups is 2. The summed E-state index contributed by atoms with van der Waals surface area (Å²) >= 11 is 5.91. The van der Waals surface area contributed by atoms with Gasteiger partial charge >= 0.3 is 5.97 Å². The van der Waals surface area contributed by atoms with E-state index in [-0.39, 0.29) is 43.0 Å². The van der Waals surface area contributed by atoms with Gasteiger partial charge in [0.2, 0.25) is 5.91 Å². The predicted octanol–water partition coefficient (Wildman–Crippen LogP) is 2.81. The van der Waals surface area contributed by atoms with Crippen LogP contribution in [-0.2, 0) is 9.59 Å². The second-order valence-electron chi connectivity index (χ2n) is 7.03. The molecule has 0 aromatic heterocycles. The normalized spacial score (nSPS) is 17.8. The molecule has 0 bridgehead atoms. The van der Waals surface area contributed by atoms with Gasteiger partial charge in [0, 0.05) is 24.2 Å². The van der Waals surface area contributed by atoms with Crippen molar-refractivity contribution in [1.29, 1.82) is 0 Å². The van der Waals surface area contributed by atoms with Crippen LogP contribution in [0, 0.1) is 0 Å². The van der Waals surface area contributed by atoms with Crippen molar-refractivity contribution in [2.24, 2.45) is 0 Å². The lowest BCUT2D eigenvalue weighted by molar-refractivity contribution is -0.138. The molecule has 2 N–H and O–H groups in total. The molecule has 152 valence electrons. The van der Waals surface area contributed by atoms with Crippen LogP contribution in [0.15, 0.2) is 24.3 Å². The molecule has 1 aliphatic heterocycles. The van der Waals surface area contributed by atoms with Crippen LogP contribution in [0.25, 0.3) is 0 Å². The Kier molecular flexibility index (Phi) is 9.53. The van der Waals surface area contributed by atoms with Gasteiger partial charge in [-0.3, -0.25) is 19.4 Å². The fourth-order valence-electron chi connectivity index (χ4n) is 3.39. The monoisotopic (exact) mass is 417 g/mol. The number of hydrogen-bond donors (Lipinski definition) is 2. The fraction of sp³-hybridized carbons (Fsp3) is 0.579. The third-order valence-electron chi connectivity index (χ3n) is 5.16. The number of nitrogens with zero attached hydrogens (tertiary/aromatic N) is 2. The summed E-state index contributed by atoms with van der Waals surface area (Å²) in [6.07, 6.45) is 1.74. The van der Waals surface area contributed by atoms with Gasteiger partial charge in [0.05, 0.1) is 18.6 Å². The van der Waals surface area contributed by atoms with Crippen molar-refractivity contribution >= 4 is 35.9 Å². The lowest BCUT2D eigenvalue weighted by Gasteiger charge is -2.38. The highest BCUT2D eigenvalue weighted by atomic mass is 35.5. The van der Waals surface area contributed by atoms with Crippen molar-refractivity contribution in [2.75, 3.05) is 26.7 Å². The van der Waals surface area contributed by atoms with E-state index in [0.717, 1.165) is 31.5 Å². The van der Waals surface area contributed by atoms with Gasteiger partial charge in [-0.05, 0) is 51.4 Å². The van der Waals surface area contributed by atoms with E-state index in [9.17, 15) is 9.59 Å². The molecule has 6 nitrogen and oxygen atoms in total. The maximum absolute atomic E-state index is 12.6. The van der Waals surface area contributed by atoms with E-state index in [4.69, 9.17) is 16.7 Å². The maximum atomic E-state index is 12.6.